The van der Waals surface area contributed by atoms with Crippen LogP contribution in [0.1, 0.15) is 62.7 Å². The van der Waals surface area contributed by atoms with Crippen molar-refractivity contribution < 1.29 is 49.4 Å². The molecular weight excluding hydrogens is 512 g/mol. The van der Waals surface area contributed by atoms with Crippen molar-refractivity contribution in [1.29, 1.82) is 0 Å². The highest BCUT2D eigenvalue weighted by Crippen LogP contribution is 2.50. The third-order valence-electron chi connectivity index (χ3n) is 7.52. The Bertz CT molecular complexity index is 1330. The fraction of sp³-hybridized carbons (Fsp3) is 0.444. The average Bonchev–Trinajstić information content (AvgIpc) is 2.90. The molecule has 3 aliphatic rings. The highest BCUT2D eigenvalue weighted by Gasteiger charge is 2.47. The molecule has 2 aliphatic carbocycles. The predicted molar refractivity (Wildman–Crippen MR) is 136 cm³/mol. The van der Waals surface area contributed by atoms with Gasteiger partial charge in [0.15, 0.2) is 11.6 Å². The van der Waals surface area contributed by atoms with Crippen LogP contribution in [0.25, 0.3) is 0 Å². The van der Waals surface area contributed by atoms with Gasteiger partial charge in [0.2, 0.25) is 5.78 Å². The summed E-state index contributed by atoms with van der Waals surface area (Å²) in [4.78, 5) is 38.3. The molecule has 12 nitrogen and oxygen atoms in total. The number of hydrogen-bond acceptors (Lipinski definition) is 12. The maximum absolute atomic E-state index is 13.2. The number of aliphatic hydroxyl groups is 3. The van der Waals surface area contributed by atoms with Crippen LogP contribution >= 0.6 is 0 Å². The molecule has 1 heterocycles. The number of benzene rings is 2. The smallest absolute Gasteiger partial charge is 0.202 e. The first-order chi connectivity index (χ1) is 18.3. The Hall–Kier alpha value is -3.39. The summed E-state index contributed by atoms with van der Waals surface area (Å²) in [6.07, 6.45) is -0.306. The Balaban J connectivity index is 0.000000333. The monoisotopic (exact) mass is 544 g/mol. The lowest BCUT2D eigenvalue weighted by Crippen LogP contribution is -2.47. The van der Waals surface area contributed by atoms with Gasteiger partial charge in [-0.15, -0.1) is 0 Å². The van der Waals surface area contributed by atoms with Crippen LogP contribution in [0.4, 0.5) is 0 Å². The van der Waals surface area contributed by atoms with Gasteiger partial charge in [-0.3, -0.25) is 20.1 Å². The summed E-state index contributed by atoms with van der Waals surface area (Å²) in [5.74, 6) is -4.29. The van der Waals surface area contributed by atoms with E-state index < -0.39 is 64.3 Å². The normalized spacial score (nSPS) is 27.5. The van der Waals surface area contributed by atoms with E-state index in [-0.39, 0.29) is 53.0 Å². The van der Waals surface area contributed by atoms with Crippen LogP contribution < -0.4 is 16.2 Å². The second-order valence-corrected chi connectivity index (χ2v) is 10.0. The van der Waals surface area contributed by atoms with Crippen molar-refractivity contribution in [1.82, 2.24) is 0 Å². The van der Waals surface area contributed by atoms with Crippen LogP contribution in [0.2, 0.25) is 0 Å². The second kappa shape index (κ2) is 10.6. The van der Waals surface area contributed by atoms with Gasteiger partial charge < -0.3 is 40.7 Å². The summed E-state index contributed by atoms with van der Waals surface area (Å²) >= 11 is 0. The number of phenolic OH excluding ortho intramolecular Hbond substituents is 2. The molecule has 1 fully saturated rings. The average molecular weight is 545 g/mol. The SMILES string of the molecule is CC1OCCC(N)C1O.COc1cccc2c1C(=O)c1c(O)c3c(c(O)c1C2=O)CC(C(=O)CO)CC3(N)O. The number of ether oxygens (including phenoxy) is 2. The molecule has 12 heteroatoms. The molecule has 2 aromatic rings. The van der Waals surface area contributed by atoms with Crippen molar-refractivity contribution in [2.24, 2.45) is 17.4 Å². The van der Waals surface area contributed by atoms with Crippen molar-refractivity contribution in [3.63, 3.8) is 0 Å². The van der Waals surface area contributed by atoms with Crippen molar-refractivity contribution in [3.05, 3.63) is 51.6 Å². The van der Waals surface area contributed by atoms with Crippen LogP contribution in [-0.2, 0) is 21.7 Å². The number of aromatic hydroxyl groups is 2. The molecule has 0 aromatic heterocycles. The number of aliphatic hydroxyl groups excluding tert-OH is 2. The highest BCUT2D eigenvalue weighted by atomic mass is 16.5. The van der Waals surface area contributed by atoms with Crippen LogP contribution in [0, 0.1) is 5.92 Å². The fourth-order valence-corrected chi connectivity index (χ4v) is 5.43. The first kappa shape index (κ1) is 28.6. The molecule has 1 aliphatic heterocycles. The van der Waals surface area contributed by atoms with E-state index in [1.54, 1.807) is 0 Å². The predicted octanol–water partition coefficient (Wildman–Crippen LogP) is -0.407. The van der Waals surface area contributed by atoms with Crippen LogP contribution in [0.5, 0.6) is 17.2 Å². The lowest BCUT2D eigenvalue weighted by atomic mass is 9.72. The van der Waals surface area contributed by atoms with E-state index in [0.717, 1.165) is 6.42 Å². The molecule has 9 N–H and O–H groups in total. The lowest BCUT2D eigenvalue weighted by Gasteiger charge is -2.37. The molecule has 5 unspecified atom stereocenters. The number of nitrogens with two attached hydrogens (primary N) is 2. The number of methoxy groups -OCH3 is 1. The van der Waals surface area contributed by atoms with Crippen LogP contribution in [0.15, 0.2) is 18.2 Å². The largest absolute Gasteiger partial charge is 0.507 e. The van der Waals surface area contributed by atoms with Gasteiger partial charge in [0, 0.05) is 41.7 Å². The molecule has 2 aromatic carbocycles. The highest BCUT2D eigenvalue weighted by molar-refractivity contribution is 6.31. The Kier molecular flexibility index (Phi) is 7.81. The van der Waals surface area contributed by atoms with E-state index in [2.05, 4.69) is 0 Å². The summed E-state index contributed by atoms with van der Waals surface area (Å²) in [6, 6.07) is 4.30. The molecule has 39 heavy (non-hydrogen) atoms. The van der Waals surface area contributed by atoms with Gasteiger partial charge in [0.25, 0.3) is 0 Å². The molecule has 0 saturated carbocycles. The standard InChI is InChI=1S/C21H19NO8.C6H13NO2/c1-30-12-4-2-3-9-13(12)19(27)15-14(17(9)25)18(26)10-5-8(11(24)7-23)6-21(22,29)16(10)20(15)28;1-4-6(8)5(7)2-3-9-4/h2-4,8,23,26,28-29H,5-7,22H2,1H3;4-6,8H,2-3,7H2,1H3. The van der Waals surface area contributed by atoms with E-state index >= 15 is 0 Å². The second-order valence-electron chi connectivity index (χ2n) is 10.0. The summed E-state index contributed by atoms with van der Waals surface area (Å²) in [5, 5.41) is 50.9. The molecule has 5 atom stereocenters. The van der Waals surface area contributed by atoms with Gasteiger partial charge in [0.05, 0.1) is 36.0 Å². The first-order valence-electron chi connectivity index (χ1n) is 12.4. The number of ketones is 3. The molecule has 0 spiro atoms. The van der Waals surface area contributed by atoms with Crippen molar-refractivity contribution >= 4 is 17.3 Å². The number of rotatable bonds is 3. The fourth-order valence-electron chi connectivity index (χ4n) is 5.43. The van der Waals surface area contributed by atoms with E-state index in [4.69, 9.17) is 26.0 Å². The minimum absolute atomic E-state index is 0.0108. The number of carbonyl (C=O) groups is 3. The van der Waals surface area contributed by atoms with Crippen LogP contribution in [-0.4, -0.2) is 81.5 Å². The molecule has 1 saturated heterocycles. The quantitative estimate of drug-likeness (QED) is 0.165. The van der Waals surface area contributed by atoms with Gasteiger partial charge >= 0.3 is 0 Å². The topological polar surface area (TPSA) is 223 Å². The molecule has 210 valence electrons. The Morgan fingerprint density at radius 1 is 1.15 bits per heavy atom. The number of carbonyl (C=O) groups excluding carboxylic acids is 3. The number of phenols is 2. The van der Waals surface area contributed by atoms with E-state index in [0.29, 0.717) is 6.61 Å². The summed E-state index contributed by atoms with van der Waals surface area (Å²) < 4.78 is 10.3. The van der Waals surface area contributed by atoms with Crippen LogP contribution in [0.3, 0.4) is 0 Å². The summed E-state index contributed by atoms with van der Waals surface area (Å²) in [6.45, 7) is 1.72. The zero-order chi connectivity index (χ0) is 28.8. The van der Waals surface area contributed by atoms with Crippen molar-refractivity contribution in [3.8, 4) is 17.2 Å². The number of fused-ring (bicyclic) bond motifs is 3. The molecular formula is C27H32N2O10. The van der Waals surface area contributed by atoms with Crippen molar-refractivity contribution in [2.75, 3.05) is 20.3 Å². The lowest BCUT2D eigenvalue weighted by molar-refractivity contribution is -0.129. The molecule has 0 amide bonds. The summed E-state index contributed by atoms with van der Waals surface area (Å²) in [5.41, 5.74) is 7.78. The van der Waals surface area contributed by atoms with Gasteiger partial charge in [-0.1, -0.05) is 12.1 Å². The minimum Gasteiger partial charge on any atom is -0.507 e. The molecule has 0 bridgehead atoms. The third-order valence-corrected chi connectivity index (χ3v) is 7.52. The maximum Gasteiger partial charge on any atom is 0.202 e. The molecule has 5 rings (SSSR count). The van der Waals surface area contributed by atoms with E-state index in [1.807, 2.05) is 6.92 Å². The van der Waals surface area contributed by atoms with Gasteiger partial charge in [-0.25, -0.2) is 0 Å². The zero-order valence-corrected chi connectivity index (χ0v) is 21.5. The molecule has 0 radical (unpaired) electrons. The first-order valence-corrected chi connectivity index (χ1v) is 12.4. The van der Waals surface area contributed by atoms with E-state index in [9.17, 15) is 34.8 Å². The van der Waals surface area contributed by atoms with Gasteiger partial charge in [-0.2, -0.15) is 0 Å². The Labute approximate surface area is 223 Å². The maximum atomic E-state index is 13.2. The van der Waals surface area contributed by atoms with Gasteiger partial charge in [0.1, 0.15) is 29.6 Å². The summed E-state index contributed by atoms with van der Waals surface area (Å²) in [7, 11) is 1.32. The van der Waals surface area contributed by atoms with Gasteiger partial charge in [-0.05, 0) is 25.8 Å². The third kappa shape index (κ3) is 4.80. The van der Waals surface area contributed by atoms with E-state index in [1.165, 1.54) is 25.3 Å². The number of Topliss-reactive ketones (excluding diaryl/α,β-unsaturated/α-hetero) is 1. The Morgan fingerprint density at radius 3 is 2.41 bits per heavy atom. The number of hydrogen-bond donors (Lipinski definition) is 7. The Morgan fingerprint density at radius 2 is 1.82 bits per heavy atom. The zero-order valence-electron chi connectivity index (χ0n) is 21.5. The van der Waals surface area contributed by atoms with Crippen molar-refractivity contribution in [2.45, 2.75) is 50.2 Å². The minimum atomic E-state index is -2.27.